The lowest BCUT2D eigenvalue weighted by Crippen LogP contribution is -2.41. The average molecular weight is 376 g/mol. The standard InChI is InChI=1S/C20H22F2N2O3/c1-12-7-16(25)11-19(24(12)2)20(26)23-15-3-5-17(6-4-15)27-18-9-13(21)8-14(22)10-18/h7-11,15,17H,3-6H2,1-2H3,(H,23,26). The van der Waals surface area contributed by atoms with E-state index in [0.29, 0.717) is 37.1 Å². The molecule has 1 aromatic carbocycles. The molecule has 0 radical (unpaired) electrons. The summed E-state index contributed by atoms with van der Waals surface area (Å²) in [5, 5.41) is 2.96. The summed E-state index contributed by atoms with van der Waals surface area (Å²) in [5.41, 5.74) is 0.843. The fourth-order valence-corrected chi connectivity index (χ4v) is 3.36. The summed E-state index contributed by atoms with van der Waals surface area (Å²) < 4.78 is 33.8. The van der Waals surface area contributed by atoms with Crippen LogP contribution in [-0.4, -0.2) is 22.6 Å². The molecule has 0 aliphatic heterocycles. The predicted octanol–water partition coefficient (Wildman–Crippen LogP) is 3.09. The molecule has 7 heteroatoms. The topological polar surface area (TPSA) is 60.3 Å². The van der Waals surface area contributed by atoms with Gasteiger partial charge in [-0.2, -0.15) is 0 Å². The molecule has 1 saturated carbocycles. The van der Waals surface area contributed by atoms with Gasteiger partial charge in [-0.1, -0.05) is 0 Å². The molecule has 1 fully saturated rings. The first-order chi connectivity index (χ1) is 12.8. The molecule has 2 aromatic rings. The minimum absolute atomic E-state index is 0.0304. The van der Waals surface area contributed by atoms with Crippen LogP contribution in [-0.2, 0) is 7.05 Å². The molecular formula is C20H22F2N2O3. The van der Waals surface area contributed by atoms with Gasteiger partial charge >= 0.3 is 0 Å². The van der Waals surface area contributed by atoms with Gasteiger partial charge in [-0.3, -0.25) is 9.59 Å². The number of carbonyl (C=O) groups is 1. The van der Waals surface area contributed by atoms with Crippen molar-refractivity contribution < 1.29 is 18.3 Å². The van der Waals surface area contributed by atoms with Crippen LogP contribution >= 0.6 is 0 Å². The number of carbonyl (C=O) groups excluding carboxylic acids is 1. The third-order valence-electron chi connectivity index (χ3n) is 4.90. The summed E-state index contributed by atoms with van der Waals surface area (Å²) in [6.45, 7) is 1.77. The highest BCUT2D eigenvalue weighted by atomic mass is 19.1. The maximum absolute atomic E-state index is 13.2. The molecule has 0 saturated heterocycles. The van der Waals surface area contributed by atoms with Crippen molar-refractivity contribution in [3.8, 4) is 5.75 Å². The number of pyridine rings is 1. The van der Waals surface area contributed by atoms with Gasteiger partial charge in [0, 0.05) is 49.1 Å². The Morgan fingerprint density at radius 2 is 1.70 bits per heavy atom. The highest BCUT2D eigenvalue weighted by Gasteiger charge is 2.25. The van der Waals surface area contributed by atoms with E-state index in [1.54, 1.807) is 18.5 Å². The molecule has 144 valence electrons. The fourth-order valence-electron chi connectivity index (χ4n) is 3.36. The smallest absolute Gasteiger partial charge is 0.268 e. The number of aromatic nitrogens is 1. The Balaban J connectivity index is 1.56. The van der Waals surface area contributed by atoms with E-state index in [0.717, 1.165) is 18.2 Å². The zero-order chi connectivity index (χ0) is 19.6. The van der Waals surface area contributed by atoms with E-state index in [4.69, 9.17) is 4.74 Å². The average Bonchev–Trinajstić information content (AvgIpc) is 2.59. The normalized spacial score (nSPS) is 19.6. The van der Waals surface area contributed by atoms with Crippen LogP contribution in [0, 0.1) is 18.6 Å². The van der Waals surface area contributed by atoms with Gasteiger partial charge in [-0.15, -0.1) is 0 Å². The number of aryl methyl sites for hydroxylation is 1. The van der Waals surface area contributed by atoms with Crippen molar-refractivity contribution in [2.24, 2.45) is 7.05 Å². The summed E-state index contributed by atoms with van der Waals surface area (Å²) in [4.78, 5) is 24.2. The molecule has 1 aliphatic rings. The van der Waals surface area contributed by atoms with Gasteiger partial charge in [0.2, 0.25) is 0 Å². The maximum Gasteiger partial charge on any atom is 0.268 e. The van der Waals surface area contributed by atoms with Crippen molar-refractivity contribution in [1.29, 1.82) is 0 Å². The van der Waals surface area contributed by atoms with Crippen molar-refractivity contribution in [2.45, 2.75) is 44.8 Å². The molecule has 3 rings (SSSR count). The molecule has 0 atom stereocenters. The van der Waals surface area contributed by atoms with Gasteiger partial charge in [0.15, 0.2) is 5.43 Å². The van der Waals surface area contributed by atoms with Crippen LogP contribution in [0.4, 0.5) is 8.78 Å². The van der Waals surface area contributed by atoms with E-state index in [9.17, 15) is 18.4 Å². The first-order valence-corrected chi connectivity index (χ1v) is 8.93. The highest BCUT2D eigenvalue weighted by Crippen LogP contribution is 2.25. The lowest BCUT2D eigenvalue weighted by Gasteiger charge is -2.29. The predicted molar refractivity (Wildman–Crippen MR) is 96.9 cm³/mol. The number of nitrogens with one attached hydrogen (secondary N) is 1. The highest BCUT2D eigenvalue weighted by molar-refractivity contribution is 5.92. The molecule has 1 aliphatic carbocycles. The molecule has 1 aromatic heterocycles. The summed E-state index contributed by atoms with van der Waals surface area (Å²) in [5.74, 6) is -1.45. The molecule has 1 amide bonds. The van der Waals surface area contributed by atoms with Gasteiger partial charge < -0.3 is 14.6 Å². The van der Waals surface area contributed by atoms with Crippen molar-refractivity contribution in [2.75, 3.05) is 0 Å². The van der Waals surface area contributed by atoms with Gasteiger partial charge in [0.05, 0.1) is 6.10 Å². The molecule has 0 spiro atoms. The van der Waals surface area contributed by atoms with E-state index in [1.807, 2.05) is 0 Å². The van der Waals surface area contributed by atoms with Crippen molar-refractivity contribution >= 4 is 5.91 Å². The van der Waals surface area contributed by atoms with Crippen LogP contribution in [0.3, 0.4) is 0 Å². The lowest BCUT2D eigenvalue weighted by molar-refractivity contribution is 0.0884. The van der Waals surface area contributed by atoms with Gasteiger partial charge in [0.25, 0.3) is 5.91 Å². The molecule has 0 bridgehead atoms. The Bertz CT molecular complexity index is 882. The van der Waals surface area contributed by atoms with Crippen LogP contribution in [0.25, 0.3) is 0 Å². The van der Waals surface area contributed by atoms with Gasteiger partial charge in [-0.25, -0.2) is 8.78 Å². The minimum Gasteiger partial charge on any atom is -0.490 e. The van der Waals surface area contributed by atoms with Crippen LogP contribution in [0.1, 0.15) is 41.9 Å². The summed E-state index contributed by atoms with van der Waals surface area (Å²) in [6, 6.07) is 5.91. The van der Waals surface area contributed by atoms with E-state index in [1.165, 1.54) is 12.1 Å². The second kappa shape index (κ2) is 7.90. The van der Waals surface area contributed by atoms with Gasteiger partial charge in [0.1, 0.15) is 23.1 Å². The number of nitrogens with zero attached hydrogens (tertiary/aromatic N) is 1. The minimum atomic E-state index is -0.672. The summed E-state index contributed by atoms with van der Waals surface area (Å²) in [7, 11) is 1.74. The van der Waals surface area contributed by atoms with Crippen LogP contribution < -0.4 is 15.5 Å². The quantitative estimate of drug-likeness (QED) is 0.892. The van der Waals surface area contributed by atoms with Crippen LogP contribution in [0.5, 0.6) is 5.75 Å². The second-order valence-electron chi connectivity index (χ2n) is 6.95. The Hall–Kier alpha value is -2.70. The number of amides is 1. The largest absolute Gasteiger partial charge is 0.490 e. The molecule has 0 unspecified atom stereocenters. The van der Waals surface area contributed by atoms with Crippen molar-refractivity contribution in [3.63, 3.8) is 0 Å². The van der Waals surface area contributed by atoms with Crippen LogP contribution in [0.2, 0.25) is 0 Å². The number of hydrogen-bond acceptors (Lipinski definition) is 3. The van der Waals surface area contributed by atoms with E-state index in [-0.39, 0.29) is 29.2 Å². The van der Waals surface area contributed by atoms with E-state index in [2.05, 4.69) is 5.32 Å². The first kappa shape index (κ1) is 19.1. The van der Waals surface area contributed by atoms with Crippen molar-refractivity contribution in [3.05, 3.63) is 63.6 Å². The summed E-state index contributed by atoms with van der Waals surface area (Å²) >= 11 is 0. The zero-order valence-corrected chi connectivity index (χ0v) is 15.3. The third-order valence-corrected chi connectivity index (χ3v) is 4.90. The lowest BCUT2D eigenvalue weighted by atomic mass is 9.92. The number of hydrogen-bond donors (Lipinski definition) is 1. The molecule has 27 heavy (non-hydrogen) atoms. The Morgan fingerprint density at radius 1 is 1.07 bits per heavy atom. The maximum atomic E-state index is 13.2. The molecular weight excluding hydrogens is 354 g/mol. The zero-order valence-electron chi connectivity index (χ0n) is 15.3. The van der Waals surface area contributed by atoms with Gasteiger partial charge in [-0.05, 0) is 32.6 Å². The van der Waals surface area contributed by atoms with E-state index < -0.39 is 11.6 Å². The number of ether oxygens (including phenoxy) is 1. The van der Waals surface area contributed by atoms with E-state index >= 15 is 0 Å². The molecule has 1 N–H and O–H groups in total. The van der Waals surface area contributed by atoms with Crippen molar-refractivity contribution in [1.82, 2.24) is 9.88 Å². The third kappa shape index (κ3) is 4.72. The van der Waals surface area contributed by atoms with Crippen LogP contribution in [0.15, 0.2) is 35.1 Å². The number of rotatable bonds is 4. The second-order valence-corrected chi connectivity index (χ2v) is 6.95. The Labute approximate surface area is 156 Å². The number of benzene rings is 1. The molecule has 5 nitrogen and oxygen atoms in total. The number of halogens is 2. The first-order valence-electron chi connectivity index (χ1n) is 8.93. The Morgan fingerprint density at radius 3 is 2.33 bits per heavy atom. The molecule has 1 heterocycles. The SMILES string of the molecule is Cc1cc(=O)cc(C(=O)NC2CCC(Oc3cc(F)cc(F)c3)CC2)n1C. The Kier molecular flexibility index (Phi) is 5.58. The monoisotopic (exact) mass is 376 g/mol. The summed E-state index contributed by atoms with van der Waals surface area (Å²) in [6.07, 6.45) is 2.55. The fraction of sp³-hybridized carbons (Fsp3) is 0.400.